The van der Waals surface area contributed by atoms with Crippen LogP contribution in [0.25, 0.3) is 0 Å². The highest BCUT2D eigenvalue weighted by atomic mass is 16.2. The molecular formula is C14H23N3O. The Morgan fingerprint density at radius 3 is 2.44 bits per heavy atom. The number of carbonyl (C=O) groups is 1. The zero-order chi connectivity index (χ0) is 13.8. The molecule has 1 aromatic carbocycles. The van der Waals surface area contributed by atoms with Gasteiger partial charge in [0.2, 0.25) is 5.91 Å². The van der Waals surface area contributed by atoms with Gasteiger partial charge in [0.25, 0.3) is 0 Å². The fourth-order valence-corrected chi connectivity index (χ4v) is 1.52. The third-order valence-electron chi connectivity index (χ3n) is 2.97. The Kier molecular flexibility index (Phi) is 4.73. The van der Waals surface area contributed by atoms with E-state index in [1.165, 1.54) is 0 Å². The van der Waals surface area contributed by atoms with E-state index < -0.39 is 5.54 Å². The smallest absolute Gasteiger partial charge is 0.239 e. The number of carbonyl (C=O) groups excluding carboxylic acids is 1. The van der Waals surface area contributed by atoms with E-state index in [1.54, 1.807) is 13.8 Å². The van der Waals surface area contributed by atoms with Gasteiger partial charge in [0.15, 0.2) is 0 Å². The zero-order valence-corrected chi connectivity index (χ0v) is 11.6. The van der Waals surface area contributed by atoms with Crippen LogP contribution in [-0.4, -0.2) is 31.1 Å². The van der Waals surface area contributed by atoms with Gasteiger partial charge >= 0.3 is 0 Å². The van der Waals surface area contributed by atoms with Crippen molar-refractivity contribution in [3.63, 3.8) is 0 Å². The van der Waals surface area contributed by atoms with Gasteiger partial charge < -0.3 is 16.0 Å². The third kappa shape index (κ3) is 4.04. The standard InChI is InChI=1S/C14H23N3O/c1-11(10-16-13(18)14(2,3)15)17(4)12-8-6-5-7-9-12/h5-9,11H,10,15H2,1-4H3,(H,16,18). The SMILES string of the molecule is CC(CNC(=O)C(C)(C)N)N(C)c1ccccc1. The summed E-state index contributed by atoms with van der Waals surface area (Å²) in [6.07, 6.45) is 0. The molecule has 1 amide bonds. The first-order chi connectivity index (χ1) is 8.32. The van der Waals surface area contributed by atoms with E-state index in [0.717, 1.165) is 5.69 Å². The van der Waals surface area contributed by atoms with Crippen molar-refractivity contribution in [1.82, 2.24) is 5.32 Å². The topological polar surface area (TPSA) is 58.4 Å². The zero-order valence-electron chi connectivity index (χ0n) is 11.6. The minimum atomic E-state index is -0.828. The Morgan fingerprint density at radius 1 is 1.39 bits per heavy atom. The molecule has 100 valence electrons. The van der Waals surface area contributed by atoms with Crippen molar-refractivity contribution in [3.05, 3.63) is 30.3 Å². The Hall–Kier alpha value is -1.55. The average Bonchev–Trinajstić information content (AvgIpc) is 2.34. The molecule has 0 aromatic heterocycles. The highest BCUT2D eigenvalue weighted by molar-refractivity contribution is 5.85. The summed E-state index contributed by atoms with van der Waals surface area (Å²) in [5, 5.41) is 2.87. The monoisotopic (exact) mass is 249 g/mol. The molecule has 0 aliphatic rings. The largest absolute Gasteiger partial charge is 0.370 e. The number of anilines is 1. The number of hydrogen-bond donors (Lipinski definition) is 2. The van der Waals surface area contributed by atoms with Crippen LogP contribution in [0.1, 0.15) is 20.8 Å². The molecule has 1 atom stereocenters. The Labute approximate surface area is 109 Å². The number of benzene rings is 1. The summed E-state index contributed by atoms with van der Waals surface area (Å²) in [4.78, 5) is 13.8. The van der Waals surface area contributed by atoms with Crippen molar-refractivity contribution in [2.75, 3.05) is 18.5 Å². The predicted molar refractivity (Wildman–Crippen MR) is 75.6 cm³/mol. The van der Waals surface area contributed by atoms with Gasteiger partial charge in [-0.15, -0.1) is 0 Å². The summed E-state index contributed by atoms with van der Waals surface area (Å²) in [5.74, 6) is -0.129. The molecule has 0 heterocycles. The fraction of sp³-hybridized carbons (Fsp3) is 0.500. The molecule has 0 bridgehead atoms. The van der Waals surface area contributed by atoms with Crippen molar-refractivity contribution in [3.8, 4) is 0 Å². The number of hydrogen-bond acceptors (Lipinski definition) is 3. The lowest BCUT2D eigenvalue weighted by Gasteiger charge is -2.28. The molecular weight excluding hydrogens is 226 g/mol. The van der Waals surface area contributed by atoms with Crippen LogP contribution >= 0.6 is 0 Å². The van der Waals surface area contributed by atoms with E-state index in [-0.39, 0.29) is 11.9 Å². The quantitative estimate of drug-likeness (QED) is 0.828. The molecule has 3 N–H and O–H groups in total. The van der Waals surface area contributed by atoms with E-state index in [2.05, 4.69) is 17.1 Å². The number of nitrogens with one attached hydrogen (secondary N) is 1. The Balaban J connectivity index is 2.51. The lowest BCUT2D eigenvalue weighted by molar-refractivity contribution is -0.125. The van der Waals surface area contributed by atoms with Gasteiger partial charge in [0, 0.05) is 25.3 Å². The summed E-state index contributed by atoms with van der Waals surface area (Å²) in [6, 6.07) is 10.3. The van der Waals surface area contributed by atoms with Crippen LogP contribution in [0.5, 0.6) is 0 Å². The van der Waals surface area contributed by atoms with Crippen LogP contribution in [0, 0.1) is 0 Å². The minimum Gasteiger partial charge on any atom is -0.370 e. The number of amides is 1. The van der Waals surface area contributed by atoms with Gasteiger partial charge in [-0.05, 0) is 32.9 Å². The molecule has 4 heteroatoms. The number of likely N-dealkylation sites (N-methyl/N-ethyl adjacent to an activating group) is 1. The van der Waals surface area contributed by atoms with Gasteiger partial charge in [-0.2, -0.15) is 0 Å². The summed E-state index contributed by atoms with van der Waals surface area (Å²) in [6.45, 7) is 6.05. The number of nitrogens with two attached hydrogens (primary N) is 1. The molecule has 0 radical (unpaired) electrons. The van der Waals surface area contributed by atoms with E-state index in [4.69, 9.17) is 5.73 Å². The minimum absolute atomic E-state index is 0.129. The van der Waals surface area contributed by atoms with E-state index in [0.29, 0.717) is 6.54 Å². The highest BCUT2D eigenvalue weighted by Gasteiger charge is 2.22. The normalized spacial score (nSPS) is 12.9. The average molecular weight is 249 g/mol. The number of rotatable bonds is 5. The van der Waals surface area contributed by atoms with E-state index in [9.17, 15) is 4.79 Å². The molecule has 1 unspecified atom stereocenters. The predicted octanol–water partition coefficient (Wildman–Crippen LogP) is 1.36. The van der Waals surface area contributed by atoms with Crippen LogP contribution in [0.15, 0.2) is 30.3 Å². The number of para-hydroxylation sites is 1. The first-order valence-electron chi connectivity index (χ1n) is 6.17. The molecule has 0 saturated heterocycles. The molecule has 0 spiro atoms. The molecule has 0 saturated carbocycles. The van der Waals surface area contributed by atoms with Crippen molar-refractivity contribution in [2.45, 2.75) is 32.4 Å². The Bertz CT molecular complexity index is 384. The molecule has 0 aliphatic carbocycles. The second-order valence-corrected chi connectivity index (χ2v) is 5.23. The third-order valence-corrected chi connectivity index (χ3v) is 2.97. The molecule has 0 fully saturated rings. The van der Waals surface area contributed by atoms with Crippen LogP contribution in [0.2, 0.25) is 0 Å². The Morgan fingerprint density at radius 2 is 1.94 bits per heavy atom. The first-order valence-corrected chi connectivity index (χ1v) is 6.17. The van der Waals surface area contributed by atoms with Gasteiger partial charge in [-0.1, -0.05) is 18.2 Å². The summed E-state index contributed by atoms with van der Waals surface area (Å²) >= 11 is 0. The van der Waals surface area contributed by atoms with Gasteiger partial charge in [0.05, 0.1) is 5.54 Å². The second kappa shape index (κ2) is 5.87. The van der Waals surface area contributed by atoms with Gasteiger partial charge in [0.1, 0.15) is 0 Å². The molecule has 18 heavy (non-hydrogen) atoms. The van der Waals surface area contributed by atoms with Crippen LogP contribution in [0.3, 0.4) is 0 Å². The van der Waals surface area contributed by atoms with Crippen molar-refractivity contribution in [1.29, 1.82) is 0 Å². The molecule has 1 aromatic rings. The second-order valence-electron chi connectivity index (χ2n) is 5.23. The lowest BCUT2D eigenvalue weighted by atomic mass is 10.1. The fourth-order valence-electron chi connectivity index (χ4n) is 1.52. The van der Waals surface area contributed by atoms with Gasteiger partial charge in [-0.25, -0.2) is 0 Å². The summed E-state index contributed by atoms with van der Waals surface area (Å²) in [7, 11) is 2.01. The summed E-state index contributed by atoms with van der Waals surface area (Å²) < 4.78 is 0. The first kappa shape index (κ1) is 14.5. The number of nitrogens with zero attached hydrogens (tertiary/aromatic N) is 1. The molecule has 1 rings (SSSR count). The van der Waals surface area contributed by atoms with Crippen LogP contribution in [-0.2, 0) is 4.79 Å². The molecule has 0 aliphatic heterocycles. The van der Waals surface area contributed by atoms with E-state index in [1.807, 2.05) is 37.4 Å². The lowest BCUT2D eigenvalue weighted by Crippen LogP contribution is -2.52. The molecule has 4 nitrogen and oxygen atoms in total. The van der Waals surface area contributed by atoms with Crippen LogP contribution < -0.4 is 16.0 Å². The van der Waals surface area contributed by atoms with Crippen molar-refractivity contribution < 1.29 is 4.79 Å². The van der Waals surface area contributed by atoms with Gasteiger partial charge in [-0.3, -0.25) is 4.79 Å². The summed E-state index contributed by atoms with van der Waals surface area (Å²) in [5.41, 5.74) is 6.03. The maximum absolute atomic E-state index is 11.7. The maximum atomic E-state index is 11.7. The van der Waals surface area contributed by atoms with Crippen molar-refractivity contribution >= 4 is 11.6 Å². The van der Waals surface area contributed by atoms with E-state index >= 15 is 0 Å². The maximum Gasteiger partial charge on any atom is 0.239 e. The van der Waals surface area contributed by atoms with Crippen molar-refractivity contribution in [2.24, 2.45) is 5.73 Å². The highest BCUT2D eigenvalue weighted by Crippen LogP contribution is 2.13. The van der Waals surface area contributed by atoms with Crippen LogP contribution in [0.4, 0.5) is 5.69 Å².